The molecule has 0 aromatic heterocycles. The van der Waals surface area contributed by atoms with Gasteiger partial charge in [0.1, 0.15) is 13.2 Å². The summed E-state index contributed by atoms with van der Waals surface area (Å²) in [5.74, 6) is -0.866. The summed E-state index contributed by atoms with van der Waals surface area (Å²) < 4.78 is 16.6. The summed E-state index contributed by atoms with van der Waals surface area (Å²) in [6.07, 6.45) is 45.6. The minimum absolute atomic E-state index is 0.0639. The molecule has 0 spiro atoms. The van der Waals surface area contributed by atoms with Crippen molar-refractivity contribution in [2.75, 3.05) is 13.2 Å². The van der Waals surface area contributed by atoms with Crippen molar-refractivity contribution < 1.29 is 28.6 Å². The molecule has 0 aliphatic rings. The van der Waals surface area contributed by atoms with Crippen LogP contribution in [0.25, 0.3) is 0 Å². The second-order valence-corrected chi connectivity index (χ2v) is 16.4. The molecule has 6 heteroatoms. The topological polar surface area (TPSA) is 78.9 Å². The summed E-state index contributed by atoms with van der Waals surface area (Å²) in [6.45, 7) is 6.57. The summed E-state index contributed by atoms with van der Waals surface area (Å²) in [6, 6.07) is 0. The monoisotopic (exact) mass is 765 g/mol. The first-order chi connectivity index (χ1) is 26.5. The van der Waals surface area contributed by atoms with Gasteiger partial charge in [-0.15, -0.1) is 0 Å². The fraction of sp³-hybridized carbons (Fsp3) is 0.938. The standard InChI is InChI=1S/C48H92O6/c1-4-7-10-13-16-18-19-20-21-22-23-24-25-26-27-28-29-30-31-33-35-38-41-47(50)53-44-45(43-52-46(49)40-37-34-15-12-9-6-3)54-48(51)42-39-36-32-17-14-11-8-5-2/h45H,4-44H2,1-3H3. The number of carbonyl (C=O) groups excluding carboxylic acids is 3. The molecule has 0 heterocycles. The largest absolute Gasteiger partial charge is 0.462 e. The van der Waals surface area contributed by atoms with Crippen LogP contribution >= 0.6 is 0 Å². The highest BCUT2D eigenvalue weighted by atomic mass is 16.6. The first-order valence-electron chi connectivity index (χ1n) is 24.0. The number of carbonyl (C=O) groups is 3. The van der Waals surface area contributed by atoms with Gasteiger partial charge in [-0.05, 0) is 19.3 Å². The maximum Gasteiger partial charge on any atom is 0.306 e. The molecular formula is C48H92O6. The molecule has 1 unspecified atom stereocenters. The second-order valence-electron chi connectivity index (χ2n) is 16.4. The Kier molecular flexibility index (Phi) is 42.8. The van der Waals surface area contributed by atoms with Crippen molar-refractivity contribution in [1.29, 1.82) is 0 Å². The molecule has 0 aromatic rings. The first kappa shape index (κ1) is 52.4. The van der Waals surface area contributed by atoms with Gasteiger partial charge in [0.25, 0.3) is 0 Å². The van der Waals surface area contributed by atoms with Crippen LogP contribution in [0.15, 0.2) is 0 Å². The minimum atomic E-state index is -0.756. The number of unbranched alkanes of at least 4 members (excludes halogenated alkanes) is 33. The number of esters is 3. The van der Waals surface area contributed by atoms with Gasteiger partial charge in [0.15, 0.2) is 6.10 Å². The highest BCUT2D eigenvalue weighted by Crippen LogP contribution is 2.16. The average Bonchev–Trinajstić information content (AvgIpc) is 3.17. The third-order valence-electron chi connectivity index (χ3n) is 10.9. The van der Waals surface area contributed by atoms with E-state index in [0.29, 0.717) is 19.3 Å². The van der Waals surface area contributed by atoms with Crippen molar-refractivity contribution in [2.45, 2.75) is 277 Å². The van der Waals surface area contributed by atoms with E-state index in [1.807, 2.05) is 0 Å². The van der Waals surface area contributed by atoms with Crippen molar-refractivity contribution >= 4 is 17.9 Å². The van der Waals surface area contributed by atoms with Gasteiger partial charge in [0, 0.05) is 19.3 Å². The molecule has 320 valence electrons. The maximum atomic E-state index is 12.6. The van der Waals surface area contributed by atoms with Crippen LogP contribution in [0.1, 0.15) is 271 Å². The molecule has 0 saturated carbocycles. The Morgan fingerprint density at radius 2 is 0.500 bits per heavy atom. The molecule has 0 amide bonds. The zero-order chi connectivity index (χ0) is 39.4. The van der Waals surface area contributed by atoms with E-state index in [2.05, 4.69) is 20.8 Å². The lowest BCUT2D eigenvalue weighted by molar-refractivity contribution is -0.167. The van der Waals surface area contributed by atoms with E-state index < -0.39 is 6.10 Å². The van der Waals surface area contributed by atoms with Crippen LogP contribution in [0.3, 0.4) is 0 Å². The molecule has 6 nitrogen and oxygen atoms in total. The molecule has 0 aromatic carbocycles. The predicted octanol–water partition coefficient (Wildman–Crippen LogP) is 15.3. The molecular weight excluding hydrogens is 673 g/mol. The maximum absolute atomic E-state index is 12.6. The number of ether oxygens (including phenoxy) is 3. The summed E-state index contributed by atoms with van der Waals surface area (Å²) >= 11 is 0. The van der Waals surface area contributed by atoms with Crippen LogP contribution in [0.4, 0.5) is 0 Å². The van der Waals surface area contributed by atoms with Crippen LogP contribution in [0, 0.1) is 0 Å². The predicted molar refractivity (Wildman–Crippen MR) is 229 cm³/mol. The molecule has 0 N–H and O–H groups in total. The van der Waals surface area contributed by atoms with Gasteiger partial charge in [0.05, 0.1) is 0 Å². The molecule has 54 heavy (non-hydrogen) atoms. The van der Waals surface area contributed by atoms with Crippen molar-refractivity contribution in [3.63, 3.8) is 0 Å². The zero-order valence-corrected chi connectivity index (χ0v) is 36.5. The number of rotatable bonds is 44. The lowest BCUT2D eigenvalue weighted by atomic mass is 10.0. The van der Waals surface area contributed by atoms with Crippen molar-refractivity contribution in [3.05, 3.63) is 0 Å². The molecule has 0 saturated heterocycles. The Hall–Kier alpha value is -1.59. The quantitative estimate of drug-likeness (QED) is 0.0349. The van der Waals surface area contributed by atoms with Crippen LogP contribution in [0.5, 0.6) is 0 Å². The van der Waals surface area contributed by atoms with Gasteiger partial charge >= 0.3 is 17.9 Å². The number of hydrogen-bond donors (Lipinski definition) is 0. The Morgan fingerprint density at radius 3 is 0.741 bits per heavy atom. The molecule has 1 atom stereocenters. The second kappa shape index (κ2) is 44.1. The molecule has 0 aliphatic carbocycles. The molecule has 0 rings (SSSR count). The Morgan fingerprint density at radius 1 is 0.296 bits per heavy atom. The molecule has 0 bridgehead atoms. The first-order valence-corrected chi connectivity index (χ1v) is 24.0. The van der Waals surface area contributed by atoms with Gasteiger partial charge < -0.3 is 14.2 Å². The van der Waals surface area contributed by atoms with E-state index >= 15 is 0 Å². The van der Waals surface area contributed by atoms with E-state index in [9.17, 15) is 14.4 Å². The van der Waals surface area contributed by atoms with Gasteiger partial charge in [-0.3, -0.25) is 14.4 Å². The fourth-order valence-electron chi connectivity index (χ4n) is 7.21. The average molecular weight is 765 g/mol. The van der Waals surface area contributed by atoms with Gasteiger partial charge in [-0.1, -0.05) is 233 Å². The van der Waals surface area contributed by atoms with Crippen molar-refractivity contribution in [3.8, 4) is 0 Å². The summed E-state index contributed by atoms with van der Waals surface area (Å²) in [7, 11) is 0. The van der Waals surface area contributed by atoms with E-state index in [1.165, 1.54) is 173 Å². The van der Waals surface area contributed by atoms with Crippen LogP contribution in [-0.4, -0.2) is 37.2 Å². The lowest BCUT2D eigenvalue weighted by Crippen LogP contribution is -2.30. The highest BCUT2D eigenvalue weighted by Gasteiger charge is 2.19. The van der Waals surface area contributed by atoms with E-state index in [0.717, 1.165) is 57.8 Å². The summed E-state index contributed by atoms with van der Waals surface area (Å²) in [5.41, 5.74) is 0. The Balaban J connectivity index is 4.00. The lowest BCUT2D eigenvalue weighted by Gasteiger charge is -2.18. The normalized spacial score (nSPS) is 11.8. The summed E-state index contributed by atoms with van der Waals surface area (Å²) in [4.78, 5) is 37.4. The highest BCUT2D eigenvalue weighted by molar-refractivity contribution is 5.71. The van der Waals surface area contributed by atoms with Gasteiger partial charge in [0.2, 0.25) is 0 Å². The van der Waals surface area contributed by atoms with E-state index in [-0.39, 0.29) is 31.1 Å². The van der Waals surface area contributed by atoms with E-state index in [4.69, 9.17) is 14.2 Å². The van der Waals surface area contributed by atoms with Crippen LogP contribution in [0.2, 0.25) is 0 Å². The molecule has 0 aliphatic heterocycles. The van der Waals surface area contributed by atoms with Gasteiger partial charge in [-0.25, -0.2) is 0 Å². The zero-order valence-electron chi connectivity index (χ0n) is 36.5. The van der Waals surface area contributed by atoms with Gasteiger partial charge in [-0.2, -0.15) is 0 Å². The van der Waals surface area contributed by atoms with E-state index in [1.54, 1.807) is 0 Å². The Labute approximate surface area is 336 Å². The smallest absolute Gasteiger partial charge is 0.306 e. The SMILES string of the molecule is CCCCCCCCCCCCCCCCCCCCCCCCC(=O)OCC(COC(=O)CCCCCCCC)OC(=O)CCCCCCCCCC. The Bertz CT molecular complexity index is 798. The van der Waals surface area contributed by atoms with Crippen molar-refractivity contribution in [2.24, 2.45) is 0 Å². The third kappa shape index (κ3) is 41.6. The summed E-state index contributed by atoms with van der Waals surface area (Å²) in [5, 5.41) is 0. The van der Waals surface area contributed by atoms with Crippen molar-refractivity contribution in [1.82, 2.24) is 0 Å². The third-order valence-corrected chi connectivity index (χ3v) is 10.9. The molecule has 0 radical (unpaired) electrons. The number of hydrogen-bond acceptors (Lipinski definition) is 6. The van der Waals surface area contributed by atoms with Crippen LogP contribution in [-0.2, 0) is 28.6 Å². The van der Waals surface area contributed by atoms with Crippen LogP contribution < -0.4 is 0 Å². The fourth-order valence-corrected chi connectivity index (χ4v) is 7.21. The molecule has 0 fully saturated rings. The minimum Gasteiger partial charge on any atom is -0.462 e.